The Balaban J connectivity index is 2.41. The molecular weight excluding hydrogens is 273 g/mol. The highest BCUT2D eigenvalue weighted by Gasteiger charge is 2.30. The zero-order valence-corrected chi connectivity index (χ0v) is 10.7. The van der Waals surface area contributed by atoms with Gasteiger partial charge in [-0.1, -0.05) is 35.2 Å². The van der Waals surface area contributed by atoms with E-state index in [0.29, 0.717) is 15.6 Å². The molecule has 0 spiro atoms. The third-order valence-corrected chi connectivity index (χ3v) is 3.02. The molecule has 1 aromatic carbocycles. The first-order valence-corrected chi connectivity index (χ1v) is 5.79. The van der Waals surface area contributed by atoms with Crippen LogP contribution in [0.3, 0.4) is 0 Å². The Hall–Kier alpha value is -1.54. The minimum Gasteiger partial charge on any atom is -0.372 e. The Bertz CT molecular complexity index is 592. The number of hydrogen-bond donors (Lipinski definition) is 1. The van der Waals surface area contributed by atoms with Gasteiger partial charge in [-0.25, -0.2) is 9.67 Å². The molecule has 0 fully saturated rings. The van der Waals surface area contributed by atoms with Gasteiger partial charge in [0.1, 0.15) is 12.7 Å². The lowest BCUT2D eigenvalue weighted by Gasteiger charge is -2.23. The molecule has 1 heterocycles. The lowest BCUT2D eigenvalue weighted by molar-refractivity contribution is 0.0762. The Morgan fingerprint density at radius 3 is 2.78 bits per heavy atom. The van der Waals surface area contributed by atoms with Crippen LogP contribution < -0.4 is 0 Å². The third-order valence-electron chi connectivity index (χ3n) is 2.47. The maximum Gasteiger partial charge on any atom is 0.171 e. The van der Waals surface area contributed by atoms with E-state index in [1.807, 2.05) is 0 Å². The molecule has 0 aliphatic carbocycles. The number of aromatic nitrogens is 3. The fourth-order valence-electron chi connectivity index (χ4n) is 1.58. The average molecular weight is 282 g/mol. The lowest BCUT2D eigenvalue weighted by Crippen LogP contribution is -2.30. The SMILES string of the molecule is C#CC(O)(Cn1cncn1)c1ccc(Cl)cc1Cl. The van der Waals surface area contributed by atoms with Crippen LogP contribution in [-0.4, -0.2) is 19.9 Å². The standard InChI is InChI=1S/C12H9Cl2N3O/c1-2-12(18,6-17-8-15-7-16-17)10-4-3-9(13)5-11(10)14/h1,3-5,7-8,18H,6H2. The van der Waals surface area contributed by atoms with E-state index in [2.05, 4.69) is 16.0 Å². The van der Waals surface area contributed by atoms with Crippen molar-refractivity contribution < 1.29 is 5.11 Å². The number of terminal acetylenes is 1. The molecule has 18 heavy (non-hydrogen) atoms. The number of halogens is 2. The van der Waals surface area contributed by atoms with E-state index in [-0.39, 0.29) is 6.54 Å². The minimum atomic E-state index is -1.56. The first-order valence-electron chi connectivity index (χ1n) is 5.03. The largest absolute Gasteiger partial charge is 0.372 e. The van der Waals surface area contributed by atoms with Crippen LogP contribution in [0.5, 0.6) is 0 Å². The number of benzene rings is 1. The molecule has 1 atom stereocenters. The summed E-state index contributed by atoms with van der Waals surface area (Å²) < 4.78 is 1.44. The zero-order valence-electron chi connectivity index (χ0n) is 9.22. The number of aliphatic hydroxyl groups is 1. The molecule has 1 aromatic heterocycles. The van der Waals surface area contributed by atoms with E-state index in [9.17, 15) is 5.11 Å². The third kappa shape index (κ3) is 2.49. The van der Waals surface area contributed by atoms with Gasteiger partial charge in [0, 0.05) is 15.6 Å². The van der Waals surface area contributed by atoms with Crippen molar-refractivity contribution >= 4 is 23.2 Å². The van der Waals surface area contributed by atoms with Crippen molar-refractivity contribution in [1.82, 2.24) is 14.8 Å². The summed E-state index contributed by atoms with van der Waals surface area (Å²) in [5, 5.41) is 15.2. The summed E-state index contributed by atoms with van der Waals surface area (Å²) in [6.45, 7) is 0.0604. The van der Waals surface area contributed by atoms with E-state index in [1.54, 1.807) is 12.1 Å². The fourth-order valence-corrected chi connectivity index (χ4v) is 2.15. The van der Waals surface area contributed by atoms with Gasteiger partial charge in [0.15, 0.2) is 5.60 Å². The summed E-state index contributed by atoms with van der Waals surface area (Å²) in [5.74, 6) is 2.33. The predicted octanol–water partition coefficient (Wildman–Crippen LogP) is 2.11. The highest BCUT2D eigenvalue weighted by Crippen LogP contribution is 2.31. The topological polar surface area (TPSA) is 50.9 Å². The number of rotatable bonds is 3. The van der Waals surface area contributed by atoms with Crippen LogP contribution in [0.2, 0.25) is 10.0 Å². The van der Waals surface area contributed by atoms with Gasteiger partial charge >= 0.3 is 0 Å². The molecule has 0 aliphatic rings. The van der Waals surface area contributed by atoms with Gasteiger partial charge in [0.25, 0.3) is 0 Å². The highest BCUT2D eigenvalue weighted by atomic mass is 35.5. The van der Waals surface area contributed by atoms with Crippen molar-refractivity contribution in [3.05, 3.63) is 46.5 Å². The molecule has 0 radical (unpaired) electrons. The number of hydrogen-bond acceptors (Lipinski definition) is 3. The Labute approximate surface area is 114 Å². The summed E-state index contributed by atoms with van der Waals surface area (Å²) in [5.41, 5.74) is -1.15. The maximum absolute atomic E-state index is 10.5. The molecule has 1 unspecified atom stereocenters. The molecule has 0 amide bonds. The normalized spacial score (nSPS) is 13.9. The predicted molar refractivity (Wildman–Crippen MR) is 69.2 cm³/mol. The van der Waals surface area contributed by atoms with Crippen LogP contribution in [0.15, 0.2) is 30.9 Å². The van der Waals surface area contributed by atoms with Gasteiger partial charge in [0.2, 0.25) is 0 Å². The first kappa shape index (κ1) is 12.9. The van der Waals surface area contributed by atoms with Crippen LogP contribution in [0.1, 0.15) is 5.56 Å². The Morgan fingerprint density at radius 1 is 1.44 bits per heavy atom. The van der Waals surface area contributed by atoms with Gasteiger partial charge in [-0.15, -0.1) is 6.42 Å². The van der Waals surface area contributed by atoms with Gasteiger partial charge in [-0.2, -0.15) is 5.10 Å². The lowest BCUT2D eigenvalue weighted by atomic mass is 9.94. The van der Waals surface area contributed by atoms with Crippen LogP contribution in [0, 0.1) is 12.3 Å². The van der Waals surface area contributed by atoms with Crippen molar-refractivity contribution in [2.24, 2.45) is 0 Å². The molecule has 1 N–H and O–H groups in total. The van der Waals surface area contributed by atoms with Crippen molar-refractivity contribution in [3.63, 3.8) is 0 Å². The van der Waals surface area contributed by atoms with E-state index in [4.69, 9.17) is 29.6 Å². The van der Waals surface area contributed by atoms with E-state index >= 15 is 0 Å². The number of nitrogens with zero attached hydrogens (tertiary/aromatic N) is 3. The minimum absolute atomic E-state index is 0.0604. The molecule has 0 saturated carbocycles. The first-order chi connectivity index (χ1) is 8.55. The van der Waals surface area contributed by atoms with Crippen LogP contribution in [0.4, 0.5) is 0 Å². The molecular formula is C12H9Cl2N3O. The summed E-state index contributed by atoms with van der Waals surface area (Å²) >= 11 is 11.9. The molecule has 6 heteroatoms. The average Bonchev–Trinajstić information content (AvgIpc) is 2.81. The van der Waals surface area contributed by atoms with Gasteiger partial charge in [0.05, 0.1) is 6.54 Å². The second-order valence-corrected chi connectivity index (χ2v) is 4.57. The Kier molecular flexibility index (Phi) is 3.58. The van der Waals surface area contributed by atoms with E-state index < -0.39 is 5.60 Å². The quantitative estimate of drug-likeness (QED) is 0.877. The van der Waals surface area contributed by atoms with Crippen molar-refractivity contribution in [3.8, 4) is 12.3 Å². The van der Waals surface area contributed by atoms with Crippen LogP contribution in [0.25, 0.3) is 0 Å². The molecule has 92 valence electrons. The van der Waals surface area contributed by atoms with Crippen LogP contribution in [-0.2, 0) is 12.1 Å². The second-order valence-electron chi connectivity index (χ2n) is 3.72. The van der Waals surface area contributed by atoms with Crippen molar-refractivity contribution in [1.29, 1.82) is 0 Å². The summed E-state index contributed by atoms with van der Waals surface area (Å²) in [4.78, 5) is 3.79. The van der Waals surface area contributed by atoms with E-state index in [0.717, 1.165) is 0 Å². The monoisotopic (exact) mass is 281 g/mol. The maximum atomic E-state index is 10.5. The summed E-state index contributed by atoms with van der Waals surface area (Å²) in [7, 11) is 0. The molecule has 4 nitrogen and oxygen atoms in total. The highest BCUT2D eigenvalue weighted by molar-refractivity contribution is 6.35. The summed E-state index contributed by atoms with van der Waals surface area (Å²) in [6.07, 6.45) is 8.24. The molecule has 2 rings (SSSR count). The van der Waals surface area contributed by atoms with Crippen molar-refractivity contribution in [2.75, 3.05) is 0 Å². The Morgan fingerprint density at radius 2 is 2.22 bits per heavy atom. The zero-order chi connectivity index (χ0) is 13.2. The van der Waals surface area contributed by atoms with Crippen molar-refractivity contribution in [2.45, 2.75) is 12.1 Å². The van der Waals surface area contributed by atoms with E-state index in [1.165, 1.54) is 23.4 Å². The van der Waals surface area contributed by atoms with Gasteiger partial charge in [-0.3, -0.25) is 0 Å². The van der Waals surface area contributed by atoms with Gasteiger partial charge < -0.3 is 5.11 Å². The van der Waals surface area contributed by atoms with Gasteiger partial charge in [-0.05, 0) is 12.1 Å². The molecule has 2 aromatic rings. The van der Waals surface area contributed by atoms with Crippen LogP contribution >= 0.6 is 23.2 Å². The summed E-state index contributed by atoms with van der Waals surface area (Å²) in [6, 6.07) is 4.75. The molecule has 0 bridgehead atoms. The smallest absolute Gasteiger partial charge is 0.171 e. The fraction of sp³-hybridized carbons (Fsp3) is 0.167. The molecule has 0 aliphatic heterocycles. The molecule has 0 saturated heterocycles. The second kappa shape index (κ2) is 4.99.